The maximum atomic E-state index is 12.6. The first-order valence-corrected chi connectivity index (χ1v) is 6.79. The molecule has 0 spiro atoms. The minimum atomic E-state index is -4.57. The van der Waals surface area contributed by atoms with Crippen LogP contribution in [0.5, 0.6) is 0 Å². The number of anilines is 2. The van der Waals surface area contributed by atoms with Crippen molar-refractivity contribution in [2.24, 2.45) is 0 Å². The first kappa shape index (κ1) is 14.8. The van der Waals surface area contributed by atoms with Crippen LogP contribution in [-0.2, 0) is 6.18 Å². The van der Waals surface area contributed by atoms with Crippen molar-refractivity contribution in [2.75, 3.05) is 24.7 Å². The molecule has 0 aromatic carbocycles. The van der Waals surface area contributed by atoms with Crippen LogP contribution in [0.4, 0.5) is 24.3 Å². The normalized spacial score (nSPS) is 11.7. The fraction of sp³-hybridized carbons (Fsp3) is 0.333. The summed E-state index contributed by atoms with van der Waals surface area (Å²) in [6.45, 7) is 0. The van der Waals surface area contributed by atoms with Crippen molar-refractivity contribution >= 4 is 34.2 Å². The minimum Gasteiger partial charge on any atom is -0.368 e. The van der Waals surface area contributed by atoms with E-state index in [4.69, 9.17) is 5.73 Å². The highest BCUT2D eigenvalue weighted by Crippen LogP contribution is 2.35. The van der Waals surface area contributed by atoms with Gasteiger partial charge in [0.15, 0.2) is 10.0 Å². The van der Waals surface area contributed by atoms with Gasteiger partial charge in [-0.1, -0.05) is 11.3 Å². The van der Waals surface area contributed by atoms with Crippen molar-refractivity contribution in [3.8, 4) is 0 Å². The van der Waals surface area contributed by atoms with E-state index >= 15 is 0 Å². The number of rotatable bonds is 3. The summed E-state index contributed by atoms with van der Waals surface area (Å²) >= 11 is 2.20. The van der Waals surface area contributed by atoms with E-state index in [0.717, 1.165) is 17.8 Å². The molecule has 11 heteroatoms. The van der Waals surface area contributed by atoms with Crippen LogP contribution in [0.2, 0.25) is 0 Å². The van der Waals surface area contributed by atoms with Gasteiger partial charge in [0.1, 0.15) is 5.03 Å². The predicted octanol–water partition coefficient (Wildman–Crippen LogP) is 2.15. The molecule has 0 bridgehead atoms. The summed E-state index contributed by atoms with van der Waals surface area (Å²) in [6, 6.07) is 0.831. The lowest BCUT2D eigenvalue weighted by Crippen LogP contribution is -2.11. The lowest BCUT2D eigenvalue weighted by Gasteiger charge is -2.07. The van der Waals surface area contributed by atoms with Gasteiger partial charge < -0.3 is 10.6 Å². The molecule has 0 radical (unpaired) electrons. The molecule has 0 saturated heterocycles. The highest BCUT2D eigenvalue weighted by molar-refractivity contribution is 8.01. The van der Waals surface area contributed by atoms with Crippen molar-refractivity contribution in [3.05, 3.63) is 11.8 Å². The molecule has 0 amide bonds. The first-order chi connectivity index (χ1) is 9.25. The lowest BCUT2D eigenvalue weighted by atomic mass is 10.4. The molecule has 2 rings (SSSR count). The van der Waals surface area contributed by atoms with Crippen molar-refractivity contribution in [2.45, 2.75) is 15.5 Å². The molecule has 0 aliphatic rings. The Morgan fingerprint density at radius 2 is 1.95 bits per heavy atom. The third-order valence-electron chi connectivity index (χ3n) is 1.98. The van der Waals surface area contributed by atoms with Gasteiger partial charge in [-0.3, -0.25) is 0 Å². The van der Waals surface area contributed by atoms with Crippen molar-refractivity contribution in [1.82, 2.24) is 20.2 Å². The van der Waals surface area contributed by atoms with Crippen LogP contribution in [-0.4, -0.2) is 34.3 Å². The SMILES string of the molecule is CN(C)c1nnc(Sc2cc(C(F)(F)F)nc(N)n2)s1. The molecule has 6 nitrogen and oxygen atoms in total. The Balaban J connectivity index is 2.26. The van der Waals surface area contributed by atoms with Gasteiger partial charge in [-0.05, 0) is 11.8 Å². The Kier molecular flexibility index (Phi) is 3.99. The summed E-state index contributed by atoms with van der Waals surface area (Å²) in [6.07, 6.45) is -4.57. The number of nitrogen functional groups attached to an aromatic ring is 1. The first-order valence-electron chi connectivity index (χ1n) is 5.16. The number of aromatic nitrogens is 4. The molecule has 2 N–H and O–H groups in total. The second-order valence-electron chi connectivity index (χ2n) is 3.79. The average Bonchev–Trinajstić information content (AvgIpc) is 2.75. The van der Waals surface area contributed by atoms with Gasteiger partial charge in [0.05, 0.1) is 0 Å². The maximum Gasteiger partial charge on any atom is 0.433 e. The summed E-state index contributed by atoms with van der Waals surface area (Å²) in [5.74, 6) is -0.431. The molecule has 20 heavy (non-hydrogen) atoms. The highest BCUT2D eigenvalue weighted by atomic mass is 32.2. The number of nitrogens with two attached hydrogens (primary N) is 1. The van der Waals surface area contributed by atoms with Gasteiger partial charge >= 0.3 is 6.18 Å². The van der Waals surface area contributed by atoms with Crippen molar-refractivity contribution in [1.29, 1.82) is 0 Å². The van der Waals surface area contributed by atoms with Gasteiger partial charge in [-0.25, -0.2) is 9.97 Å². The molecule has 0 fully saturated rings. The number of hydrogen-bond donors (Lipinski definition) is 1. The predicted molar refractivity (Wildman–Crippen MR) is 69.8 cm³/mol. The molecular weight excluding hydrogens is 313 g/mol. The van der Waals surface area contributed by atoms with Gasteiger partial charge in [-0.15, -0.1) is 10.2 Å². The summed E-state index contributed by atoms with van der Waals surface area (Å²) < 4.78 is 38.3. The molecule has 2 aromatic heterocycles. The van der Waals surface area contributed by atoms with Crippen LogP contribution >= 0.6 is 23.1 Å². The van der Waals surface area contributed by atoms with Crippen LogP contribution in [0.15, 0.2) is 15.4 Å². The van der Waals surface area contributed by atoms with Gasteiger partial charge in [0, 0.05) is 20.2 Å². The zero-order valence-electron chi connectivity index (χ0n) is 10.3. The minimum absolute atomic E-state index is 0.0753. The Bertz CT molecular complexity index is 612. The van der Waals surface area contributed by atoms with Crippen LogP contribution in [0, 0.1) is 0 Å². The number of hydrogen-bond acceptors (Lipinski definition) is 8. The second-order valence-corrected chi connectivity index (χ2v) is 6.02. The average molecular weight is 322 g/mol. The molecule has 0 saturated carbocycles. The van der Waals surface area contributed by atoms with Crippen molar-refractivity contribution < 1.29 is 13.2 Å². The fourth-order valence-electron chi connectivity index (χ4n) is 1.15. The zero-order valence-corrected chi connectivity index (χ0v) is 12.0. The molecule has 2 aromatic rings. The van der Waals surface area contributed by atoms with Crippen LogP contribution in [0.25, 0.3) is 0 Å². The van der Waals surface area contributed by atoms with E-state index in [0.29, 0.717) is 9.47 Å². The van der Waals surface area contributed by atoms with Crippen LogP contribution in [0.3, 0.4) is 0 Å². The van der Waals surface area contributed by atoms with Crippen LogP contribution < -0.4 is 10.6 Å². The van der Waals surface area contributed by atoms with Gasteiger partial charge in [-0.2, -0.15) is 13.2 Å². The topological polar surface area (TPSA) is 80.8 Å². The maximum absolute atomic E-state index is 12.6. The third kappa shape index (κ3) is 3.48. The molecule has 0 atom stereocenters. The molecule has 108 valence electrons. The van der Waals surface area contributed by atoms with Crippen LogP contribution in [0.1, 0.15) is 5.69 Å². The van der Waals surface area contributed by atoms with E-state index < -0.39 is 17.8 Å². The number of alkyl halides is 3. The van der Waals surface area contributed by atoms with E-state index in [1.54, 1.807) is 19.0 Å². The smallest absolute Gasteiger partial charge is 0.368 e. The standard InChI is InChI=1S/C9H9F3N6S2/c1-18(2)7-16-17-8(20-7)19-5-3-4(9(10,11)12)14-6(13)15-5/h3H,1-2H3,(H2,13,14,15). The molecular formula is C9H9F3N6S2. The quantitative estimate of drug-likeness (QED) is 0.867. The van der Waals surface area contributed by atoms with E-state index in [9.17, 15) is 13.2 Å². The highest BCUT2D eigenvalue weighted by Gasteiger charge is 2.33. The Labute approximate surface area is 120 Å². The summed E-state index contributed by atoms with van der Waals surface area (Å²) in [5, 5.41) is 8.46. The van der Waals surface area contributed by atoms with Gasteiger partial charge in [0.25, 0.3) is 0 Å². The Morgan fingerprint density at radius 3 is 2.50 bits per heavy atom. The second kappa shape index (κ2) is 5.40. The molecule has 0 aliphatic heterocycles. The largest absolute Gasteiger partial charge is 0.433 e. The summed E-state index contributed by atoms with van der Waals surface area (Å²) in [7, 11) is 3.58. The monoisotopic (exact) mass is 322 g/mol. The summed E-state index contributed by atoms with van der Waals surface area (Å²) in [4.78, 5) is 8.67. The van der Waals surface area contributed by atoms with Crippen molar-refractivity contribution in [3.63, 3.8) is 0 Å². The number of nitrogens with zero attached hydrogens (tertiary/aromatic N) is 5. The fourth-order valence-corrected chi connectivity index (χ4v) is 2.87. The molecule has 2 heterocycles. The third-order valence-corrected chi connectivity index (χ3v) is 4.04. The number of halogens is 3. The zero-order chi connectivity index (χ0) is 14.9. The molecule has 0 unspecified atom stereocenters. The van der Waals surface area contributed by atoms with E-state index in [1.165, 1.54) is 11.3 Å². The lowest BCUT2D eigenvalue weighted by molar-refractivity contribution is -0.141. The van der Waals surface area contributed by atoms with E-state index in [1.807, 2.05) is 0 Å². The Morgan fingerprint density at radius 1 is 1.25 bits per heavy atom. The van der Waals surface area contributed by atoms with E-state index in [2.05, 4.69) is 20.2 Å². The summed E-state index contributed by atoms with van der Waals surface area (Å²) in [5.41, 5.74) is 4.21. The van der Waals surface area contributed by atoms with E-state index in [-0.39, 0.29) is 5.03 Å². The van der Waals surface area contributed by atoms with Gasteiger partial charge in [0.2, 0.25) is 11.1 Å². The Hall–Kier alpha value is -1.62. The molecule has 0 aliphatic carbocycles.